The van der Waals surface area contributed by atoms with E-state index in [4.69, 9.17) is 4.74 Å². The van der Waals surface area contributed by atoms with Crippen molar-refractivity contribution in [3.05, 3.63) is 65.2 Å². The molecule has 0 spiro atoms. The molecule has 0 saturated carbocycles. The molecule has 0 unspecified atom stereocenters. The van der Waals surface area contributed by atoms with Gasteiger partial charge in [0.15, 0.2) is 0 Å². The molecule has 2 amide bonds. The SMILES string of the molecule is CC[C@@H](C(=O)NC)N(Cc1ccc(OC)cc1)C(=O)CCc1ccc(C(C)(C)C)cc1. The Hall–Kier alpha value is -2.82. The van der Waals surface area contributed by atoms with Gasteiger partial charge in [-0.2, -0.15) is 0 Å². The molecule has 31 heavy (non-hydrogen) atoms. The number of rotatable bonds is 9. The first kappa shape index (κ1) is 24.4. The summed E-state index contributed by atoms with van der Waals surface area (Å²) in [5.41, 5.74) is 3.46. The summed E-state index contributed by atoms with van der Waals surface area (Å²) >= 11 is 0. The number of likely N-dealkylation sites (N-methyl/N-ethyl adjacent to an activating group) is 1. The maximum Gasteiger partial charge on any atom is 0.242 e. The highest BCUT2D eigenvalue weighted by atomic mass is 16.5. The van der Waals surface area contributed by atoms with Crippen molar-refractivity contribution in [2.24, 2.45) is 0 Å². The summed E-state index contributed by atoms with van der Waals surface area (Å²) in [6, 6.07) is 15.6. The maximum atomic E-state index is 13.2. The van der Waals surface area contributed by atoms with Crippen LogP contribution in [0.15, 0.2) is 48.5 Å². The number of nitrogens with zero attached hydrogens (tertiary/aromatic N) is 1. The lowest BCUT2D eigenvalue weighted by Crippen LogP contribution is -2.48. The molecule has 0 heterocycles. The number of nitrogens with one attached hydrogen (secondary N) is 1. The summed E-state index contributed by atoms with van der Waals surface area (Å²) in [5.74, 6) is 0.601. The van der Waals surface area contributed by atoms with Crippen molar-refractivity contribution >= 4 is 11.8 Å². The quantitative estimate of drug-likeness (QED) is 0.646. The molecule has 5 heteroatoms. The Labute approximate surface area is 186 Å². The number of hydrogen-bond donors (Lipinski definition) is 1. The van der Waals surface area contributed by atoms with Crippen LogP contribution in [0.5, 0.6) is 5.75 Å². The largest absolute Gasteiger partial charge is 0.497 e. The van der Waals surface area contributed by atoms with Crippen LogP contribution in [0.1, 0.15) is 57.2 Å². The van der Waals surface area contributed by atoms with Crippen molar-refractivity contribution in [3.8, 4) is 5.75 Å². The number of benzene rings is 2. The van der Waals surface area contributed by atoms with Gasteiger partial charge >= 0.3 is 0 Å². The zero-order chi connectivity index (χ0) is 23.0. The first-order valence-corrected chi connectivity index (χ1v) is 10.9. The van der Waals surface area contributed by atoms with E-state index in [0.29, 0.717) is 25.8 Å². The van der Waals surface area contributed by atoms with Gasteiger partial charge in [0.25, 0.3) is 0 Å². The maximum absolute atomic E-state index is 13.2. The molecule has 2 aromatic carbocycles. The van der Waals surface area contributed by atoms with Crippen molar-refractivity contribution in [2.45, 2.75) is 65.0 Å². The van der Waals surface area contributed by atoms with Crippen LogP contribution >= 0.6 is 0 Å². The number of carbonyl (C=O) groups is 2. The summed E-state index contributed by atoms with van der Waals surface area (Å²) in [6.45, 7) is 8.88. The average Bonchev–Trinajstić information content (AvgIpc) is 2.77. The highest BCUT2D eigenvalue weighted by Crippen LogP contribution is 2.23. The molecule has 0 bridgehead atoms. The molecule has 2 rings (SSSR count). The van der Waals surface area contributed by atoms with Crippen molar-refractivity contribution in [1.29, 1.82) is 0 Å². The lowest BCUT2D eigenvalue weighted by atomic mass is 9.86. The molecule has 1 N–H and O–H groups in total. The van der Waals surface area contributed by atoms with Crippen molar-refractivity contribution < 1.29 is 14.3 Å². The van der Waals surface area contributed by atoms with Crippen LogP contribution in [0.2, 0.25) is 0 Å². The summed E-state index contributed by atoms with van der Waals surface area (Å²) < 4.78 is 5.22. The van der Waals surface area contributed by atoms with Gasteiger partial charge in [0, 0.05) is 20.0 Å². The number of aryl methyl sites for hydroxylation is 1. The van der Waals surface area contributed by atoms with E-state index >= 15 is 0 Å². The molecule has 5 nitrogen and oxygen atoms in total. The summed E-state index contributed by atoms with van der Waals surface area (Å²) in [7, 11) is 3.23. The van der Waals surface area contributed by atoms with Gasteiger partial charge in [0.2, 0.25) is 11.8 Å². The third kappa shape index (κ3) is 6.84. The molecule has 0 aromatic heterocycles. The predicted octanol–water partition coefficient (Wildman–Crippen LogP) is 4.48. The smallest absolute Gasteiger partial charge is 0.242 e. The third-order valence-electron chi connectivity index (χ3n) is 5.59. The minimum Gasteiger partial charge on any atom is -0.497 e. The Balaban J connectivity index is 2.15. The van der Waals surface area contributed by atoms with Gasteiger partial charge in [-0.25, -0.2) is 0 Å². The fourth-order valence-corrected chi connectivity index (χ4v) is 3.58. The molecule has 0 radical (unpaired) electrons. The van der Waals surface area contributed by atoms with E-state index in [0.717, 1.165) is 16.9 Å². The summed E-state index contributed by atoms with van der Waals surface area (Å²) in [6.07, 6.45) is 1.56. The van der Waals surface area contributed by atoms with Crippen molar-refractivity contribution in [1.82, 2.24) is 10.2 Å². The van der Waals surface area contributed by atoms with Gasteiger partial charge in [0.1, 0.15) is 11.8 Å². The van der Waals surface area contributed by atoms with Gasteiger partial charge in [0.05, 0.1) is 7.11 Å². The van der Waals surface area contributed by atoms with Crippen LogP contribution in [-0.2, 0) is 28.0 Å². The summed E-state index contributed by atoms with van der Waals surface area (Å²) in [4.78, 5) is 27.4. The monoisotopic (exact) mass is 424 g/mol. The highest BCUT2D eigenvalue weighted by Gasteiger charge is 2.27. The Morgan fingerprint density at radius 3 is 2.06 bits per heavy atom. The number of amides is 2. The van der Waals surface area contributed by atoms with Crippen LogP contribution in [0, 0.1) is 0 Å². The van der Waals surface area contributed by atoms with E-state index in [-0.39, 0.29) is 17.2 Å². The molecular weight excluding hydrogens is 388 g/mol. The van der Waals surface area contributed by atoms with Gasteiger partial charge < -0.3 is 15.0 Å². The van der Waals surface area contributed by atoms with Crippen LogP contribution in [0.4, 0.5) is 0 Å². The topological polar surface area (TPSA) is 58.6 Å². The highest BCUT2D eigenvalue weighted by molar-refractivity contribution is 5.87. The molecule has 0 fully saturated rings. The standard InChI is InChI=1S/C26H36N2O3/c1-7-23(25(30)27-5)28(18-20-10-15-22(31-6)16-11-20)24(29)17-12-19-8-13-21(14-9-19)26(2,3)4/h8-11,13-16,23H,7,12,17-18H2,1-6H3,(H,27,30)/t23-/m0/s1. The van der Waals surface area contributed by atoms with Crippen LogP contribution < -0.4 is 10.1 Å². The van der Waals surface area contributed by atoms with Crippen LogP contribution in [0.3, 0.4) is 0 Å². The average molecular weight is 425 g/mol. The van der Waals surface area contributed by atoms with Gasteiger partial charge in [-0.3, -0.25) is 9.59 Å². The second kappa shape index (κ2) is 11.0. The molecule has 0 aliphatic heterocycles. The van der Waals surface area contributed by atoms with Crippen LogP contribution in [-0.4, -0.2) is 36.9 Å². The lowest BCUT2D eigenvalue weighted by Gasteiger charge is -2.30. The van der Waals surface area contributed by atoms with Gasteiger partial charge in [-0.1, -0.05) is 64.1 Å². The van der Waals surface area contributed by atoms with E-state index in [2.05, 4.69) is 50.4 Å². The number of methoxy groups -OCH3 is 1. The van der Waals surface area contributed by atoms with Gasteiger partial charge in [-0.15, -0.1) is 0 Å². The van der Waals surface area contributed by atoms with E-state index in [1.165, 1.54) is 5.56 Å². The number of carbonyl (C=O) groups excluding carboxylic acids is 2. The molecule has 1 atom stereocenters. The zero-order valence-corrected chi connectivity index (χ0v) is 19.7. The van der Waals surface area contributed by atoms with E-state index in [1.54, 1.807) is 19.1 Å². The van der Waals surface area contributed by atoms with Crippen molar-refractivity contribution in [3.63, 3.8) is 0 Å². The Bertz CT molecular complexity index is 852. The minimum absolute atomic E-state index is 0.0221. The molecule has 168 valence electrons. The third-order valence-corrected chi connectivity index (χ3v) is 5.59. The second-order valence-corrected chi connectivity index (χ2v) is 8.85. The minimum atomic E-state index is -0.497. The number of hydrogen-bond acceptors (Lipinski definition) is 3. The molecular formula is C26H36N2O3. The number of ether oxygens (including phenoxy) is 1. The Kier molecular flexibility index (Phi) is 8.66. The molecule has 2 aromatic rings. The normalized spacial score (nSPS) is 12.2. The molecule has 0 aliphatic carbocycles. The van der Waals surface area contributed by atoms with E-state index in [1.807, 2.05) is 31.2 Å². The lowest BCUT2D eigenvalue weighted by molar-refractivity contribution is -0.141. The first-order valence-electron chi connectivity index (χ1n) is 10.9. The molecule has 0 saturated heterocycles. The first-order chi connectivity index (χ1) is 14.7. The predicted molar refractivity (Wildman–Crippen MR) is 125 cm³/mol. The second-order valence-electron chi connectivity index (χ2n) is 8.85. The molecule has 0 aliphatic rings. The fraction of sp³-hybridized carbons (Fsp3) is 0.462. The van der Waals surface area contributed by atoms with E-state index in [9.17, 15) is 9.59 Å². The van der Waals surface area contributed by atoms with Crippen LogP contribution in [0.25, 0.3) is 0 Å². The Morgan fingerprint density at radius 2 is 1.58 bits per heavy atom. The fourth-order valence-electron chi connectivity index (χ4n) is 3.58. The van der Waals surface area contributed by atoms with Crippen molar-refractivity contribution in [2.75, 3.05) is 14.2 Å². The zero-order valence-electron chi connectivity index (χ0n) is 19.7. The summed E-state index contributed by atoms with van der Waals surface area (Å²) in [5, 5.41) is 2.70. The van der Waals surface area contributed by atoms with Gasteiger partial charge in [-0.05, 0) is 47.1 Å². The van der Waals surface area contributed by atoms with E-state index < -0.39 is 6.04 Å². The Morgan fingerprint density at radius 1 is 1.00 bits per heavy atom.